The lowest BCUT2D eigenvalue weighted by molar-refractivity contribution is 0.0677. The number of hydrogen-bond acceptors (Lipinski definition) is 3. The average Bonchev–Trinajstić information content (AvgIpc) is 3.18. The maximum absolute atomic E-state index is 13.6. The maximum Gasteiger partial charge on any atom is 0.123 e. The molecule has 0 bridgehead atoms. The summed E-state index contributed by atoms with van der Waals surface area (Å²) in [5.74, 6) is -0.181. The first-order valence-electron chi connectivity index (χ1n) is 9.57. The zero-order chi connectivity index (χ0) is 18.7. The van der Waals surface area contributed by atoms with Gasteiger partial charge in [-0.1, -0.05) is 12.1 Å². The second-order valence-corrected chi connectivity index (χ2v) is 7.62. The number of benzene rings is 1. The number of aryl methyl sites for hydroxylation is 1. The normalized spacial score (nSPS) is 17.6. The van der Waals surface area contributed by atoms with Crippen molar-refractivity contribution in [2.45, 2.75) is 65.8 Å². The lowest BCUT2D eigenvalue weighted by atomic mass is 10.1. The Morgan fingerprint density at radius 1 is 1.31 bits per heavy atom. The lowest BCUT2D eigenvalue weighted by Gasteiger charge is -2.25. The van der Waals surface area contributed by atoms with Gasteiger partial charge in [0.1, 0.15) is 5.82 Å². The Labute approximate surface area is 156 Å². The van der Waals surface area contributed by atoms with E-state index in [2.05, 4.69) is 37.3 Å². The Morgan fingerprint density at radius 2 is 2.12 bits per heavy atom. The first-order chi connectivity index (χ1) is 12.4. The van der Waals surface area contributed by atoms with Gasteiger partial charge in [0.25, 0.3) is 0 Å². The van der Waals surface area contributed by atoms with Crippen LogP contribution in [0.25, 0.3) is 0 Å². The number of hydrogen-bond donors (Lipinski definition) is 0. The van der Waals surface area contributed by atoms with Crippen molar-refractivity contribution in [3.8, 4) is 0 Å². The second-order valence-electron chi connectivity index (χ2n) is 7.62. The lowest BCUT2D eigenvalue weighted by Crippen LogP contribution is -2.32. The van der Waals surface area contributed by atoms with E-state index in [1.807, 2.05) is 6.07 Å². The summed E-state index contributed by atoms with van der Waals surface area (Å²) in [6, 6.07) is 7.23. The SMILES string of the molecule is Cc1nn(C(C)C)c(C)c1CN(Cc1cccc(F)c1)CC1CCCO1. The van der Waals surface area contributed by atoms with E-state index < -0.39 is 0 Å². The molecule has 2 aromatic rings. The van der Waals surface area contributed by atoms with Crippen LogP contribution in [0.3, 0.4) is 0 Å². The number of halogens is 1. The molecule has 5 heteroatoms. The first-order valence-corrected chi connectivity index (χ1v) is 9.57. The fraction of sp³-hybridized carbons (Fsp3) is 0.571. The van der Waals surface area contributed by atoms with E-state index in [4.69, 9.17) is 9.84 Å². The molecule has 0 aliphatic carbocycles. The van der Waals surface area contributed by atoms with Gasteiger partial charge < -0.3 is 4.74 Å². The van der Waals surface area contributed by atoms with Crippen LogP contribution in [-0.2, 0) is 17.8 Å². The van der Waals surface area contributed by atoms with Gasteiger partial charge in [-0.05, 0) is 58.2 Å². The molecule has 3 rings (SSSR count). The third-order valence-electron chi connectivity index (χ3n) is 5.13. The monoisotopic (exact) mass is 359 g/mol. The van der Waals surface area contributed by atoms with Crippen LogP contribution >= 0.6 is 0 Å². The first kappa shape index (κ1) is 19.1. The van der Waals surface area contributed by atoms with Crippen molar-refractivity contribution in [2.75, 3.05) is 13.2 Å². The minimum Gasteiger partial charge on any atom is -0.377 e. The molecule has 1 unspecified atom stereocenters. The molecule has 1 saturated heterocycles. The van der Waals surface area contributed by atoms with Crippen LogP contribution in [0.4, 0.5) is 4.39 Å². The van der Waals surface area contributed by atoms with Gasteiger partial charge in [0, 0.05) is 43.5 Å². The molecule has 1 aliphatic heterocycles. The van der Waals surface area contributed by atoms with Crippen LogP contribution in [0.1, 0.15) is 55.2 Å². The van der Waals surface area contributed by atoms with Crippen LogP contribution in [0.5, 0.6) is 0 Å². The van der Waals surface area contributed by atoms with E-state index in [9.17, 15) is 4.39 Å². The number of aromatic nitrogens is 2. The van der Waals surface area contributed by atoms with Crippen LogP contribution in [-0.4, -0.2) is 33.9 Å². The smallest absolute Gasteiger partial charge is 0.123 e. The van der Waals surface area contributed by atoms with E-state index in [1.165, 1.54) is 17.3 Å². The van der Waals surface area contributed by atoms with Gasteiger partial charge in [0.05, 0.1) is 11.8 Å². The zero-order valence-electron chi connectivity index (χ0n) is 16.3. The van der Waals surface area contributed by atoms with Crippen molar-refractivity contribution in [1.29, 1.82) is 0 Å². The predicted octanol–water partition coefficient (Wildman–Crippen LogP) is 4.40. The van der Waals surface area contributed by atoms with Crippen LogP contribution in [0, 0.1) is 19.7 Å². The number of nitrogens with zero attached hydrogens (tertiary/aromatic N) is 3. The molecule has 0 amide bonds. The summed E-state index contributed by atoms with van der Waals surface area (Å²) >= 11 is 0. The van der Waals surface area contributed by atoms with Crippen molar-refractivity contribution in [3.05, 3.63) is 52.6 Å². The summed E-state index contributed by atoms with van der Waals surface area (Å²) in [5, 5.41) is 4.71. The molecular weight excluding hydrogens is 329 g/mol. The Kier molecular flexibility index (Phi) is 6.09. The fourth-order valence-electron chi connectivity index (χ4n) is 3.81. The molecule has 142 valence electrons. The molecule has 1 aromatic heterocycles. The van der Waals surface area contributed by atoms with Crippen LogP contribution < -0.4 is 0 Å². The van der Waals surface area contributed by atoms with E-state index in [0.29, 0.717) is 12.6 Å². The van der Waals surface area contributed by atoms with Gasteiger partial charge in [-0.15, -0.1) is 0 Å². The van der Waals surface area contributed by atoms with Gasteiger partial charge in [0.2, 0.25) is 0 Å². The summed E-state index contributed by atoms with van der Waals surface area (Å²) in [4.78, 5) is 2.37. The second kappa shape index (κ2) is 8.31. The molecule has 0 spiro atoms. The van der Waals surface area contributed by atoms with Crippen molar-refractivity contribution in [3.63, 3.8) is 0 Å². The largest absolute Gasteiger partial charge is 0.377 e. The molecule has 0 N–H and O–H groups in total. The van der Waals surface area contributed by atoms with Crippen molar-refractivity contribution < 1.29 is 9.13 Å². The third-order valence-corrected chi connectivity index (χ3v) is 5.13. The van der Waals surface area contributed by atoms with Gasteiger partial charge in [-0.25, -0.2) is 4.39 Å². The van der Waals surface area contributed by atoms with E-state index in [-0.39, 0.29) is 11.9 Å². The summed E-state index contributed by atoms with van der Waals surface area (Å²) < 4.78 is 21.6. The average molecular weight is 359 g/mol. The molecule has 2 heterocycles. The van der Waals surface area contributed by atoms with Gasteiger partial charge in [-0.2, -0.15) is 5.10 Å². The van der Waals surface area contributed by atoms with Gasteiger partial charge in [0.15, 0.2) is 0 Å². The molecule has 1 aromatic carbocycles. The summed E-state index contributed by atoms with van der Waals surface area (Å²) in [5.41, 5.74) is 4.56. The Morgan fingerprint density at radius 3 is 2.73 bits per heavy atom. The number of rotatable bonds is 7. The highest BCUT2D eigenvalue weighted by atomic mass is 19.1. The fourth-order valence-corrected chi connectivity index (χ4v) is 3.81. The van der Waals surface area contributed by atoms with Crippen LogP contribution in [0.2, 0.25) is 0 Å². The molecule has 0 radical (unpaired) electrons. The highest BCUT2D eigenvalue weighted by molar-refractivity contribution is 5.25. The standard InChI is InChI=1S/C21H30FN3O/c1-15(2)25-17(4)21(16(3)23-25)14-24(13-20-9-6-10-26-20)12-18-7-5-8-19(22)11-18/h5,7-8,11,15,20H,6,9-10,12-14H2,1-4H3. The third kappa shape index (κ3) is 4.51. The topological polar surface area (TPSA) is 30.3 Å². The number of ether oxygens (including phenoxy) is 1. The highest BCUT2D eigenvalue weighted by Crippen LogP contribution is 2.22. The van der Waals surface area contributed by atoms with E-state index in [1.54, 1.807) is 12.1 Å². The maximum atomic E-state index is 13.6. The predicted molar refractivity (Wildman–Crippen MR) is 102 cm³/mol. The van der Waals surface area contributed by atoms with Crippen molar-refractivity contribution in [2.24, 2.45) is 0 Å². The Bertz CT molecular complexity index is 735. The van der Waals surface area contributed by atoms with Crippen molar-refractivity contribution in [1.82, 2.24) is 14.7 Å². The van der Waals surface area contributed by atoms with Crippen molar-refractivity contribution >= 4 is 0 Å². The van der Waals surface area contributed by atoms with Gasteiger partial charge >= 0.3 is 0 Å². The molecular formula is C21H30FN3O. The highest BCUT2D eigenvalue weighted by Gasteiger charge is 2.22. The summed E-state index contributed by atoms with van der Waals surface area (Å²) in [7, 11) is 0. The molecule has 26 heavy (non-hydrogen) atoms. The quantitative estimate of drug-likeness (QED) is 0.734. The van der Waals surface area contributed by atoms with E-state index >= 15 is 0 Å². The van der Waals surface area contributed by atoms with E-state index in [0.717, 1.165) is 43.8 Å². The minimum absolute atomic E-state index is 0.181. The summed E-state index contributed by atoms with van der Waals surface area (Å²) in [6.45, 7) is 11.8. The molecule has 1 fully saturated rings. The molecule has 4 nitrogen and oxygen atoms in total. The summed E-state index contributed by atoms with van der Waals surface area (Å²) in [6.07, 6.45) is 2.49. The minimum atomic E-state index is -0.181. The molecule has 0 saturated carbocycles. The van der Waals surface area contributed by atoms with Gasteiger partial charge in [-0.3, -0.25) is 9.58 Å². The molecule has 1 aliphatic rings. The Balaban J connectivity index is 1.81. The molecule has 1 atom stereocenters. The Hall–Kier alpha value is -1.72. The zero-order valence-corrected chi connectivity index (χ0v) is 16.3. The van der Waals surface area contributed by atoms with Crippen LogP contribution in [0.15, 0.2) is 24.3 Å².